The number of hydrogen-bond donors (Lipinski definition) is 1. The summed E-state index contributed by atoms with van der Waals surface area (Å²) < 4.78 is 17.1. The lowest BCUT2D eigenvalue weighted by Gasteiger charge is -2.11. The first kappa shape index (κ1) is 21.9. The molecule has 30 heavy (non-hydrogen) atoms. The van der Waals surface area contributed by atoms with E-state index in [1.165, 1.54) is 5.56 Å². The van der Waals surface area contributed by atoms with Crippen molar-refractivity contribution in [3.05, 3.63) is 88.4 Å². The Morgan fingerprint density at radius 3 is 2.50 bits per heavy atom. The summed E-state index contributed by atoms with van der Waals surface area (Å²) in [6.45, 7) is 1.51. The molecule has 0 heterocycles. The van der Waals surface area contributed by atoms with Gasteiger partial charge in [-0.1, -0.05) is 36.4 Å². The number of ether oxygens (including phenoxy) is 3. The van der Waals surface area contributed by atoms with Crippen molar-refractivity contribution in [2.24, 2.45) is 0 Å². The molecule has 3 aromatic carbocycles. The largest absolute Gasteiger partial charge is 0.493 e. The van der Waals surface area contributed by atoms with Crippen LogP contribution in [0.4, 0.5) is 5.69 Å². The molecule has 0 radical (unpaired) electrons. The van der Waals surface area contributed by atoms with E-state index in [0.29, 0.717) is 47.0 Å². The highest BCUT2D eigenvalue weighted by Gasteiger charge is 2.10. The van der Waals surface area contributed by atoms with Crippen molar-refractivity contribution in [3.8, 4) is 11.5 Å². The number of anilines is 1. The predicted molar refractivity (Wildman–Crippen MR) is 122 cm³/mol. The summed E-state index contributed by atoms with van der Waals surface area (Å²) in [5, 5.41) is 2.91. The number of nitrogens with one attached hydrogen (secondary N) is 1. The lowest BCUT2D eigenvalue weighted by atomic mass is 10.2. The zero-order valence-corrected chi connectivity index (χ0v) is 18.4. The Bertz CT molecular complexity index is 962. The van der Waals surface area contributed by atoms with Gasteiger partial charge in [0.2, 0.25) is 0 Å². The molecule has 0 saturated carbocycles. The Hall–Kier alpha value is -2.83. The smallest absolute Gasteiger partial charge is 0.255 e. The molecule has 0 unspecified atom stereocenters. The van der Waals surface area contributed by atoms with Crippen LogP contribution in [0.2, 0.25) is 0 Å². The summed E-state index contributed by atoms with van der Waals surface area (Å²) in [7, 11) is 1.62. The van der Waals surface area contributed by atoms with Gasteiger partial charge in [0.1, 0.15) is 18.1 Å². The van der Waals surface area contributed by atoms with E-state index in [-0.39, 0.29) is 5.91 Å². The highest BCUT2D eigenvalue weighted by Crippen LogP contribution is 2.27. The number of hydrogen-bond acceptors (Lipinski definition) is 4. The first-order chi connectivity index (χ1) is 14.7. The van der Waals surface area contributed by atoms with Crippen molar-refractivity contribution in [2.45, 2.75) is 6.42 Å². The van der Waals surface area contributed by atoms with E-state index < -0.39 is 0 Å². The molecule has 0 aromatic heterocycles. The third-order valence-electron chi connectivity index (χ3n) is 4.33. The van der Waals surface area contributed by atoms with E-state index >= 15 is 0 Å². The van der Waals surface area contributed by atoms with Crippen LogP contribution in [-0.4, -0.2) is 32.8 Å². The lowest BCUT2D eigenvalue weighted by molar-refractivity contribution is 0.102. The van der Waals surface area contributed by atoms with Gasteiger partial charge in [0.25, 0.3) is 5.91 Å². The molecule has 0 bridgehead atoms. The Balaban J connectivity index is 1.56. The molecule has 0 aliphatic heterocycles. The Kier molecular flexibility index (Phi) is 8.30. The maximum Gasteiger partial charge on any atom is 0.255 e. The Labute approximate surface area is 185 Å². The van der Waals surface area contributed by atoms with Crippen molar-refractivity contribution in [1.29, 1.82) is 0 Å². The molecule has 1 N–H and O–H groups in total. The number of amides is 1. The Morgan fingerprint density at radius 1 is 0.900 bits per heavy atom. The van der Waals surface area contributed by atoms with Gasteiger partial charge in [0, 0.05) is 30.8 Å². The van der Waals surface area contributed by atoms with E-state index in [9.17, 15) is 4.79 Å². The van der Waals surface area contributed by atoms with Crippen molar-refractivity contribution in [2.75, 3.05) is 32.2 Å². The summed E-state index contributed by atoms with van der Waals surface area (Å²) >= 11 is 3.45. The van der Waals surface area contributed by atoms with E-state index in [1.807, 2.05) is 42.5 Å². The minimum absolute atomic E-state index is 0.208. The summed E-state index contributed by atoms with van der Waals surface area (Å²) in [4.78, 5) is 12.6. The van der Waals surface area contributed by atoms with Crippen LogP contribution in [0, 0.1) is 0 Å². The average molecular weight is 470 g/mol. The van der Waals surface area contributed by atoms with Gasteiger partial charge in [-0.15, -0.1) is 0 Å². The van der Waals surface area contributed by atoms with E-state index in [4.69, 9.17) is 14.2 Å². The molecule has 0 spiro atoms. The van der Waals surface area contributed by atoms with E-state index in [0.717, 1.165) is 6.42 Å². The average Bonchev–Trinajstić information content (AvgIpc) is 2.76. The molecule has 3 aromatic rings. The summed E-state index contributed by atoms with van der Waals surface area (Å²) in [5.41, 5.74) is 2.42. The lowest BCUT2D eigenvalue weighted by Crippen LogP contribution is -2.12. The second-order valence-electron chi connectivity index (χ2n) is 6.55. The second-order valence-corrected chi connectivity index (χ2v) is 7.41. The number of methoxy groups -OCH3 is 1. The number of carbonyl (C=O) groups excluding carboxylic acids is 1. The summed E-state index contributed by atoms with van der Waals surface area (Å²) in [5.74, 6) is 1.17. The van der Waals surface area contributed by atoms with Gasteiger partial charge in [-0.05, 0) is 51.8 Å². The van der Waals surface area contributed by atoms with Crippen molar-refractivity contribution in [3.63, 3.8) is 0 Å². The predicted octanol–water partition coefficient (Wildman–Crippen LogP) is 5.35. The van der Waals surface area contributed by atoms with Gasteiger partial charge in [-0.25, -0.2) is 0 Å². The standard InChI is InChI=1S/C24H24BrNO4/c1-28-14-15-30-23-11-10-19(16-22(23)25)24(27)26-20-8-5-9-21(17-20)29-13-12-18-6-3-2-4-7-18/h2-11,16-17H,12-15H2,1H3,(H,26,27). The van der Waals surface area contributed by atoms with Crippen LogP contribution in [0.3, 0.4) is 0 Å². The van der Waals surface area contributed by atoms with Crippen LogP contribution in [0.15, 0.2) is 77.3 Å². The van der Waals surface area contributed by atoms with Gasteiger partial charge in [0.15, 0.2) is 0 Å². The quantitative estimate of drug-likeness (QED) is 0.406. The fourth-order valence-corrected chi connectivity index (χ4v) is 3.29. The van der Waals surface area contributed by atoms with Crippen LogP contribution < -0.4 is 14.8 Å². The molecule has 0 fully saturated rings. The SMILES string of the molecule is COCCOc1ccc(C(=O)Nc2cccc(OCCc3ccccc3)c2)cc1Br. The summed E-state index contributed by atoms with van der Waals surface area (Å²) in [6, 6.07) is 22.8. The first-order valence-electron chi connectivity index (χ1n) is 9.65. The maximum absolute atomic E-state index is 12.6. The van der Waals surface area contributed by atoms with E-state index in [2.05, 4.69) is 33.4 Å². The number of carbonyl (C=O) groups is 1. The third-order valence-corrected chi connectivity index (χ3v) is 4.95. The van der Waals surface area contributed by atoms with Crippen LogP contribution in [0.1, 0.15) is 15.9 Å². The number of benzene rings is 3. The highest BCUT2D eigenvalue weighted by atomic mass is 79.9. The minimum Gasteiger partial charge on any atom is -0.493 e. The third kappa shape index (κ3) is 6.61. The zero-order valence-electron chi connectivity index (χ0n) is 16.8. The molecule has 1 amide bonds. The van der Waals surface area contributed by atoms with Crippen molar-refractivity contribution < 1.29 is 19.0 Å². The normalized spacial score (nSPS) is 10.5. The fraction of sp³-hybridized carbons (Fsp3) is 0.208. The van der Waals surface area contributed by atoms with Crippen molar-refractivity contribution in [1.82, 2.24) is 0 Å². The molecule has 3 rings (SSSR count). The molecule has 0 saturated heterocycles. The van der Waals surface area contributed by atoms with Crippen LogP contribution in [0.25, 0.3) is 0 Å². The molecular formula is C24H24BrNO4. The molecule has 156 valence electrons. The molecular weight excluding hydrogens is 446 g/mol. The maximum atomic E-state index is 12.6. The molecule has 5 nitrogen and oxygen atoms in total. The van der Waals surface area contributed by atoms with Crippen LogP contribution in [-0.2, 0) is 11.2 Å². The van der Waals surface area contributed by atoms with E-state index in [1.54, 1.807) is 25.3 Å². The van der Waals surface area contributed by atoms with Gasteiger partial charge in [0.05, 0.1) is 17.7 Å². The number of halogens is 1. The number of rotatable bonds is 10. The van der Waals surface area contributed by atoms with Crippen molar-refractivity contribution >= 4 is 27.5 Å². The van der Waals surface area contributed by atoms with Gasteiger partial charge >= 0.3 is 0 Å². The van der Waals surface area contributed by atoms with Crippen LogP contribution in [0.5, 0.6) is 11.5 Å². The monoisotopic (exact) mass is 469 g/mol. The summed E-state index contributed by atoms with van der Waals surface area (Å²) in [6.07, 6.45) is 0.824. The zero-order chi connectivity index (χ0) is 21.2. The Morgan fingerprint density at radius 2 is 1.73 bits per heavy atom. The highest BCUT2D eigenvalue weighted by molar-refractivity contribution is 9.10. The molecule has 0 aliphatic carbocycles. The van der Waals surface area contributed by atoms with Gasteiger partial charge < -0.3 is 19.5 Å². The molecule has 0 aliphatic rings. The fourth-order valence-electron chi connectivity index (χ4n) is 2.79. The molecule has 0 atom stereocenters. The molecule has 6 heteroatoms. The van der Waals surface area contributed by atoms with Gasteiger partial charge in [-0.2, -0.15) is 0 Å². The first-order valence-corrected chi connectivity index (χ1v) is 10.4. The second kappa shape index (κ2) is 11.4. The topological polar surface area (TPSA) is 56.8 Å². The minimum atomic E-state index is -0.208. The van der Waals surface area contributed by atoms with Gasteiger partial charge in [-0.3, -0.25) is 4.79 Å². The van der Waals surface area contributed by atoms with Crippen LogP contribution >= 0.6 is 15.9 Å².